The molecule has 1 atom stereocenters. The van der Waals surface area contributed by atoms with Gasteiger partial charge in [-0.3, -0.25) is 4.79 Å². The Hall–Kier alpha value is -1.64. The van der Waals surface area contributed by atoms with Crippen LogP contribution in [0.25, 0.3) is 0 Å². The number of nitrogens with zero attached hydrogens (tertiary/aromatic N) is 3. The highest BCUT2D eigenvalue weighted by atomic mass is 32.1. The molecule has 0 aromatic carbocycles. The van der Waals surface area contributed by atoms with Crippen LogP contribution in [0.5, 0.6) is 0 Å². The number of rotatable bonds is 5. The van der Waals surface area contributed by atoms with E-state index >= 15 is 0 Å². The second kappa shape index (κ2) is 6.21. The van der Waals surface area contributed by atoms with E-state index in [4.69, 9.17) is 5.73 Å². The largest absolute Gasteiger partial charge is 0.399 e. The zero-order valence-electron chi connectivity index (χ0n) is 11.0. The molecule has 1 aromatic heterocycles. The number of thiocarbonyl (C=S) groups is 1. The second-order valence-electron chi connectivity index (χ2n) is 4.24. The fourth-order valence-electron chi connectivity index (χ4n) is 1.48. The summed E-state index contributed by atoms with van der Waals surface area (Å²) < 4.78 is 38.9. The lowest BCUT2D eigenvalue weighted by atomic mass is 10.1. The zero-order valence-corrected chi connectivity index (χ0v) is 11.8. The second-order valence-corrected chi connectivity index (χ2v) is 4.72. The van der Waals surface area contributed by atoms with Crippen molar-refractivity contribution in [3.63, 3.8) is 0 Å². The molecule has 0 amide bonds. The van der Waals surface area contributed by atoms with Crippen LogP contribution in [0.15, 0.2) is 17.1 Å². The van der Waals surface area contributed by atoms with Gasteiger partial charge < -0.3 is 10.6 Å². The minimum Gasteiger partial charge on any atom is -0.393 e. The van der Waals surface area contributed by atoms with Crippen LogP contribution in [0.2, 0.25) is 0 Å². The molecule has 0 aliphatic rings. The molecule has 1 rings (SSSR count). The molecule has 112 valence electrons. The van der Waals surface area contributed by atoms with E-state index in [1.165, 1.54) is 12.3 Å². The number of anilines is 1. The Morgan fingerprint density at radius 2 is 2.20 bits per heavy atom. The van der Waals surface area contributed by atoms with E-state index < -0.39 is 29.2 Å². The van der Waals surface area contributed by atoms with Crippen LogP contribution in [0.4, 0.5) is 18.9 Å². The zero-order chi connectivity index (χ0) is 15.5. The molecule has 0 radical (unpaired) electrons. The Morgan fingerprint density at radius 1 is 1.60 bits per heavy atom. The lowest BCUT2D eigenvalue weighted by Crippen LogP contribution is -2.40. The molecule has 0 aliphatic carbocycles. The molecule has 0 spiro atoms. The van der Waals surface area contributed by atoms with Gasteiger partial charge in [-0.1, -0.05) is 12.2 Å². The number of hydrogen-bond acceptors (Lipinski definition) is 4. The summed E-state index contributed by atoms with van der Waals surface area (Å²) in [7, 11) is 1.74. The maximum Gasteiger partial charge on any atom is 0.399 e. The first-order valence-electron chi connectivity index (χ1n) is 5.81. The molecule has 0 bridgehead atoms. The van der Waals surface area contributed by atoms with E-state index in [2.05, 4.69) is 17.3 Å². The van der Waals surface area contributed by atoms with Crippen molar-refractivity contribution in [2.24, 2.45) is 11.7 Å². The first-order chi connectivity index (χ1) is 9.16. The fraction of sp³-hybridized carbons (Fsp3) is 0.545. The average Bonchev–Trinajstić information content (AvgIpc) is 2.34. The van der Waals surface area contributed by atoms with Crippen LogP contribution in [0, 0.1) is 5.92 Å². The quantitative estimate of drug-likeness (QED) is 0.827. The van der Waals surface area contributed by atoms with Gasteiger partial charge in [-0.05, 0) is 6.92 Å². The molecular formula is C11H15F3N4OS. The van der Waals surface area contributed by atoms with Gasteiger partial charge in [0, 0.05) is 19.7 Å². The SMILES string of the molecule is CCN(C)c1cnn(CC(C(N)=S)C(F)(F)F)c(=O)c1. The molecular weight excluding hydrogens is 293 g/mol. The van der Waals surface area contributed by atoms with Gasteiger partial charge in [-0.15, -0.1) is 0 Å². The Bertz CT molecular complexity index is 543. The number of aromatic nitrogens is 2. The third-order valence-corrected chi connectivity index (χ3v) is 3.15. The summed E-state index contributed by atoms with van der Waals surface area (Å²) in [6.45, 7) is 1.80. The van der Waals surface area contributed by atoms with Crippen molar-refractivity contribution < 1.29 is 13.2 Å². The van der Waals surface area contributed by atoms with Crippen molar-refractivity contribution in [2.45, 2.75) is 19.6 Å². The van der Waals surface area contributed by atoms with Crippen molar-refractivity contribution in [3.05, 3.63) is 22.6 Å². The summed E-state index contributed by atoms with van der Waals surface area (Å²) in [5, 5.41) is 3.73. The molecule has 9 heteroatoms. The summed E-state index contributed by atoms with van der Waals surface area (Å²) >= 11 is 4.40. The normalized spacial score (nSPS) is 13.1. The van der Waals surface area contributed by atoms with Crippen molar-refractivity contribution in [3.8, 4) is 0 Å². The van der Waals surface area contributed by atoms with Crippen molar-refractivity contribution >= 4 is 22.9 Å². The summed E-state index contributed by atoms with van der Waals surface area (Å²) in [5.74, 6) is -2.07. The van der Waals surface area contributed by atoms with E-state index in [-0.39, 0.29) is 0 Å². The van der Waals surface area contributed by atoms with Gasteiger partial charge in [-0.2, -0.15) is 18.3 Å². The summed E-state index contributed by atoms with van der Waals surface area (Å²) in [4.78, 5) is 12.8. The molecule has 0 aliphatic heterocycles. The molecule has 0 fully saturated rings. The number of hydrogen-bond donors (Lipinski definition) is 1. The number of halogens is 3. The first-order valence-corrected chi connectivity index (χ1v) is 6.22. The predicted octanol–water partition coefficient (Wildman–Crippen LogP) is 1.16. The molecule has 1 heterocycles. The fourth-order valence-corrected chi connectivity index (χ4v) is 1.69. The van der Waals surface area contributed by atoms with E-state index in [1.807, 2.05) is 6.92 Å². The molecule has 0 saturated heterocycles. The predicted molar refractivity (Wildman–Crippen MR) is 73.8 cm³/mol. The molecule has 20 heavy (non-hydrogen) atoms. The summed E-state index contributed by atoms with van der Waals surface area (Å²) in [5.41, 5.74) is 4.98. The minimum atomic E-state index is -4.61. The third-order valence-electron chi connectivity index (χ3n) is 2.86. The molecule has 5 nitrogen and oxygen atoms in total. The lowest BCUT2D eigenvalue weighted by molar-refractivity contribution is -0.158. The maximum absolute atomic E-state index is 12.7. The van der Waals surface area contributed by atoms with E-state index in [9.17, 15) is 18.0 Å². The maximum atomic E-state index is 12.7. The molecule has 2 N–H and O–H groups in total. The lowest BCUT2D eigenvalue weighted by Gasteiger charge is -2.20. The van der Waals surface area contributed by atoms with Crippen molar-refractivity contribution in [1.29, 1.82) is 0 Å². The van der Waals surface area contributed by atoms with Crippen LogP contribution >= 0.6 is 12.2 Å². The van der Waals surface area contributed by atoms with Crippen LogP contribution in [0.3, 0.4) is 0 Å². The van der Waals surface area contributed by atoms with Gasteiger partial charge in [0.25, 0.3) is 5.56 Å². The van der Waals surface area contributed by atoms with Gasteiger partial charge in [0.15, 0.2) is 0 Å². The Kier molecular flexibility index (Phi) is 5.09. The average molecular weight is 308 g/mol. The van der Waals surface area contributed by atoms with E-state index in [0.717, 1.165) is 0 Å². The van der Waals surface area contributed by atoms with Gasteiger partial charge in [0.1, 0.15) is 5.92 Å². The monoisotopic (exact) mass is 308 g/mol. The van der Waals surface area contributed by atoms with Crippen molar-refractivity contribution in [1.82, 2.24) is 9.78 Å². The molecule has 0 saturated carbocycles. The Morgan fingerprint density at radius 3 is 2.60 bits per heavy atom. The Labute approximate surface area is 119 Å². The van der Waals surface area contributed by atoms with Crippen LogP contribution < -0.4 is 16.2 Å². The highest BCUT2D eigenvalue weighted by Gasteiger charge is 2.42. The standard InChI is InChI=1S/C11H15F3N4OS/c1-3-17(2)7-4-9(19)18(16-5-7)6-8(10(15)20)11(12,13)14/h4-5,8H,3,6H2,1-2H3,(H2,15,20). The molecule has 1 aromatic rings. The highest BCUT2D eigenvalue weighted by molar-refractivity contribution is 7.80. The molecule has 1 unspecified atom stereocenters. The van der Waals surface area contributed by atoms with Gasteiger partial charge in [0.05, 0.1) is 23.4 Å². The van der Waals surface area contributed by atoms with Gasteiger partial charge in [0.2, 0.25) is 0 Å². The van der Waals surface area contributed by atoms with Crippen molar-refractivity contribution in [2.75, 3.05) is 18.5 Å². The van der Waals surface area contributed by atoms with Crippen LogP contribution in [0.1, 0.15) is 6.92 Å². The topological polar surface area (TPSA) is 64.2 Å². The summed E-state index contributed by atoms with van der Waals surface area (Å²) in [6, 6.07) is 1.23. The smallest absolute Gasteiger partial charge is 0.393 e. The van der Waals surface area contributed by atoms with Crippen LogP contribution in [-0.2, 0) is 6.54 Å². The minimum absolute atomic E-state index is 0.535. The third kappa shape index (κ3) is 3.92. The number of alkyl halides is 3. The highest BCUT2D eigenvalue weighted by Crippen LogP contribution is 2.27. The first kappa shape index (κ1) is 16.4. The Balaban J connectivity index is 3.04. The van der Waals surface area contributed by atoms with E-state index in [0.29, 0.717) is 16.9 Å². The number of nitrogens with two attached hydrogens (primary N) is 1. The summed E-state index contributed by atoms with van der Waals surface area (Å²) in [6.07, 6.45) is -3.27. The van der Waals surface area contributed by atoms with Gasteiger partial charge in [-0.25, -0.2) is 4.68 Å². The van der Waals surface area contributed by atoms with Gasteiger partial charge >= 0.3 is 6.18 Å². The van der Waals surface area contributed by atoms with E-state index in [1.54, 1.807) is 11.9 Å². The van der Waals surface area contributed by atoms with Crippen LogP contribution in [-0.4, -0.2) is 34.5 Å².